The molecule has 0 aliphatic rings. The van der Waals surface area contributed by atoms with Crippen molar-refractivity contribution in [2.24, 2.45) is 0 Å². The average molecular weight is 256 g/mol. The molecule has 1 rings (SSSR count). The topological polar surface area (TPSA) is 38.3 Å². The fourth-order valence-electron chi connectivity index (χ4n) is 1.24. The predicted molar refractivity (Wildman–Crippen MR) is 69.5 cm³/mol. The van der Waals surface area contributed by atoms with Crippen LogP contribution in [0.25, 0.3) is 0 Å². The molecule has 1 aromatic carbocycles. The Hall–Kier alpha value is -1.22. The molecule has 17 heavy (non-hydrogen) atoms. The zero-order valence-electron chi connectivity index (χ0n) is 10.2. The van der Waals surface area contributed by atoms with Crippen molar-refractivity contribution in [2.45, 2.75) is 32.7 Å². The third-order valence-corrected chi connectivity index (χ3v) is 2.68. The lowest BCUT2D eigenvalue weighted by atomic mass is 10.2. The fourth-order valence-corrected chi connectivity index (χ4v) is 1.37. The van der Waals surface area contributed by atoms with Crippen LogP contribution in [-0.2, 0) is 4.79 Å². The molecule has 0 fully saturated rings. The Labute approximate surface area is 107 Å². The first-order chi connectivity index (χ1) is 8.11. The summed E-state index contributed by atoms with van der Waals surface area (Å²) in [4.78, 5) is 11.4. The van der Waals surface area contributed by atoms with Crippen LogP contribution in [0.4, 0.5) is 0 Å². The molecule has 0 radical (unpaired) electrons. The van der Waals surface area contributed by atoms with Gasteiger partial charge in [-0.25, -0.2) is 0 Å². The molecule has 4 heteroatoms. The summed E-state index contributed by atoms with van der Waals surface area (Å²) in [6.45, 7) is 4.40. The van der Waals surface area contributed by atoms with Gasteiger partial charge in [-0.2, -0.15) is 0 Å². The van der Waals surface area contributed by atoms with Crippen molar-refractivity contribution in [3.05, 3.63) is 29.3 Å². The normalized spacial score (nSPS) is 11.9. The number of amides is 1. The number of carbonyl (C=O) groups excluding carboxylic acids is 1. The van der Waals surface area contributed by atoms with E-state index in [4.69, 9.17) is 16.3 Å². The molecule has 1 unspecified atom stereocenters. The Morgan fingerprint density at radius 2 is 2.06 bits per heavy atom. The van der Waals surface area contributed by atoms with Gasteiger partial charge in [0.25, 0.3) is 0 Å². The Kier molecular flexibility index (Phi) is 5.84. The Bertz CT molecular complexity index is 351. The first kappa shape index (κ1) is 13.8. The van der Waals surface area contributed by atoms with Gasteiger partial charge in [0.1, 0.15) is 5.75 Å². The molecule has 0 aliphatic heterocycles. The van der Waals surface area contributed by atoms with Crippen LogP contribution >= 0.6 is 11.6 Å². The molecule has 1 atom stereocenters. The second kappa shape index (κ2) is 7.17. The number of hydrogen-bond acceptors (Lipinski definition) is 2. The maximum absolute atomic E-state index is 11.4. The molecule has 1 aromatic rings. The Morgan fingerprint density at radius 3 is 2.65 bits per heavy atom. The van der Waals surface area contributed by atoms with E-state index in [1.165, 1.54) is 0 Å². The van der Waals surface area contributed by atoms with Crippen LogP contribution in [0.3, 0.4) is 0 Å². The van der Waals surface area contributed by atoms with Crippen LogP contribution in [0.15, 0.2) is 24.3 Å². The van der Waals surface area contributed by atoms with Crippen molar-refractivity contribution in [1.82, 2.24) is 5.32 Å². The van der Waals surface area contributed by atoms with Crippen LogP contribution in [0.1, 0.15) is 26.7 Å². The van der Waals surface area contributed by atoms with Crippen LogP contribution < -0.4 is 10.1 Å². The number of nitrogens with one attached hydrogen (secondary N) is 1. The van der Waals surface area contributed by atoms with Gasteiger partial charge in [-0.15, -0.1) is 0 Å². The summed E-state index contributed by atoms with van der Waals surface area (Å²) in [5, 5.41) is 3.56. The van der Waals surface area contributed by atoms with Gasteiger partial charge < -0.3 is 10.1 Å². The van der Waals surface area contributed by atoms with E-state index in [2.05, 4.69) is 5.32 Å². The highest BCUT2D eigenvalue weighted by molar-refractivity contribution is 6.30. The summed E-state index contributed by atoms with van der Waals surface area (Å²) in [7, 11) is 0. The average Bonchev–Trinajstić information content (AvgIpc) is 2.31. The molecule has 3 nitrogen and oxygen atoms in total. The summed E-state index contributed by atoms with van der Waals surface area (Å²) in [5.74, 6) is 0.749. The first-order valence-corrected chi connectivity index (χ1v) is 6.17. The van der Waals surface area contributed by atoms with Crippen LogP contribution in [0, 0.1) is 0 Å². The zero-order valence-corrected chi connectivity index (χ0v) is 11.0. The van der Waals surface area contributed by atoms with E-state index in [-0.39, 0.29) is 11.9 Å². The minimum Gasteiger partial charge on any atom is -0.493 e. The molecule has 1 amide bonds. The number of ether oxygens (including phenoxy) is 1. The lowest BCUT2D eigenvalue weighted by Gasteiger charge is -2.11. The minimum atomic E-state index is 0.0216. The summed E-state index contributed by atoms with van der Waals surface area (Å²) < 4.78 is 5.43. The monoisotopic (exact) mass is 255 g/mol. The smallest absolute Gasteiger partial charge is 0.223 e. The number of rotatable bonds is 6. The molecule has 1 N–H and O–H groups in total. The lowest BCUT2D eigenvalue weighted by Crippen LogP contribution is -2.32. The van der Waals surface area contributed by atoms with Crippen molar-refractivity contribution < 1.29 is 9.53 Å². The molecule has 0 aliphatic carbocycles. The molecular weight excluding hydrogens is 238 g/mol. The molecule has 0 saturated heterocycles. The molecule has 94 valence electrons. The van der Waals surface area contributed by atoms with Crippen LogP contribution in [0.5, 0.6) is 5.75 Å². The van der Waals surface area contributed by atoms with E-state index in [0.29, 0.717) is 18.1 Å². The van der Waals surface area contributed by atoms with Crippen LogP contribution in [-0.4, -0.2) is 18.6 Å². The summed E-state index contributed by atoms with van der Waals surface area (Å²) in [6.07, 6.45) is 1.30. The predicted octanol–water partition coefficient (Wildman–Crippen LogP) is 3.02. The Morgan fingerprint density at radius 1 is 1.41 bits per heavy atom. The second-order valence-corrected chi connectivity index (χ2v) is 4.37. The first-order valence-electron chi connectivity index (χ1n) is 5.79. The van der Waals surface area contributed by atoms with E-state index in [1.54, 1.807) is 24.3 Å². The van der Waals surface area contributed by atoms with E-state index in [9.17, 15) is 4.79 Å². The van der Waals surface area contributed by atoms with Crippen molar-refractivity contribution in [3.8, 4) is 5.75 Å². The molecule has 0 aromatic heterocycles. The summed E-state index contributed by atoms with van der Waals surface area (Å²) >= 11 is 5.75. The molecule has 0 saturated carbocycles. The highest BCUT2D eigenvalue weighted by atomic mass is 35.5. The van der Waals surface area contributed by atoms with E-state index >= 15 is 0 Å². The van der Waals surface area contributed by atoms with Gasteiger partial charge in [0.2, 0.25) is 5.91 Å². The Balaban J connectivity index is 2.23. The summed E-state index contributed by atoms with van der Waals surface area (Å²) in [5.41, 5.74) is 0. The third-order valence-electron chi connectivity index (χ3n) is 2.43. The number of hydrogen-bond donors (Lipinski definition) is 1. The maximum Gasteiger partial charge on any atom is 0.223 e. The van der Waals surface area contributed by atoms with Gasteiger partial charge in [0.15, 0.2) is 0 Å². The van der Waals surface area contributed by atoms with Crippen molar-refractivity contribution in [3.63, 3.8) is 0 Å². The van der Waals surface area contributed by atoms with Crippen LogP contribution in [0.2, 0.25) is 5.02 Å². The van der Waals surface area contributed by atoms with Crippen molar-refractivity contribution >= 4 is 17.5 Å². The van der Waals surface area contributed by atoms with E-state index < -0.39 is 0 Å². The maximum atomic E-state index is 11.4. The molecular formula is C13H18ClNO2. The molecule has 0 heterocycles. The summed E-state index contributed by atoms with van der Waals surface area (Å²) in [6, 6.07) is 7.31. The number of carbonyl (C=O) groups is 1. The fraction of sp³-hybridized carbons (Fsp3) is 0.462. The van der Waals surface area contributed by atoms with Gasteiger partial charge in [-0.05, 0) is 37.6 Å². The van der Waals surface area contributed by atoms with Gasteiger partial charge in [-0.1, -0.05) is 18.5 Å². The zero-order chi connectivity index (χ0) is 12.7. The van der Waals surface area contributed by atoms with Gasteiger partial charge in [0, 0.05) is 11.1 Å². The quantitative estimate of drug-likeness (QED) is 0.849. The second-order valence-electron chi connectivity index (χ2n) is 3.93. The van der Waals surface area contributed by atoms with E-state index in [0.717, 1.165) is 12.2 Å². The van der Waals surface area contributed by atoms with Gasteiger partial charge in [-0.3, -0.25) is 4.79 Å². The van der Waals surface area contributed by atoms with Crippen molar-refractivity contribution in [1.29, 1.82) is 0 Å². The van der Waals surface area contributed by atoms with Gasteiger partial charge in [0.05, 0.1) is 13.0 Å². The number of benzene rings is 1. The largest absolute Gasteiger partial charge is 0.493 e. The highest BCUT2D eigenvalue weighted by Crippen LogP contribution is 2.15. The SMILES string of the molecule is CCC(C)NC(=O)CCOc1ccc(Cl)cc1. The molecule has 0 spiro atoms. The van der Waals surface area contributed by atoms with E-state index in [1.807, 2.05) is 13.8 Å². The standard InChI is InChI=1S/C13H18ClNO2/c1-3-10(2)15-13(16)8-9-17-12-6-4-11(14)5-7-12/h4-7,10H,3,8-9H2,1-2H3,(H,15,16). The highest BCUT2D eigenvalue weighted by Gasteiger charge is 2.05. The molecule has 0 bridgehead atoms. The van der Waals surface area contributed by atoms with Crippen molar-refractivity contribution in [2.75, 3.05) is 6.61 Å². The third kappa shape index (κ3) is 5.59. The number of halogens is 1. The lowest BCUT2D eigenvalue weighted by molar-refractivity contribution is -0.122. The minimum absolute atomic E-state index is 0.0216. The van der Waals surface area contributed by atoms with Gasteiger partial charge >= 0.3 is 0 Å².